The van der Waals surface area contributed by atoms with Crippen LogP contribution in [0.4, 0.5) is 0 Å². The summed E-state index contributed by atoms with van der Waals surface area (Å²) >= 11 is 0. The predicted octanol–water partition coefficient (Wildman–Crippen LogP) is 2.28. The summed E-state index contributed by atoms with van der Waals surface area (Å²) in [6.07, 6.45) is 10.7. The van der Waals surface area contributed by atoms with E-state index in [2.05, 4.69) is 43.5 Å². The first-order valence-corrected chi connectivity index (χ1v) is 5.48. The van der Waals surface area contributed by atoms with Gasteiger partial charge >= 0.3 is 0 Å². The largest absolute Gasteiger partial charge is 0.378 e. The molecule has 1 fully saturated rings. The molecule has 0 spiro atoms. The Labute approximate surface area is 87.0 Å². The molecule has 14 heavy (non-hydrogen) atoms. The molecule has 0 saturated carbocycles. The molecule has 2 unspecified atom stereocenters. The normalized spacial score (nSPS) is 29.0. The zero-order chi connectivity index (χ0) is 10.2. The molecule has 0 aromatic rings. The Hall–Kier alpha value is -0.600. The Morgan fingerprint density at radius 1 is 1.29 bits per heavy atom. The van der Waals surface area contributed by atoms with Crippen LogP contribution in [0.25, 0.3) is 0 Å². The van der Waals surface area contributed by atoms with Crippen molar-refractivity contribution in [3.8, 4) is 0 Å². The molecule has 2 heteroatoms. The smallest absolute Gasteiger partial charge is 0.0623 e. The fraction of sp³-hybridized carbons (Fsp3) is 0.667. The lowest BCUT2D eigenvalue weighted by Gasteiger charge is -2.28. The van der Waals surface area contributed by atoms with Crippen LogP contribution in [0.15, 0.2) is 24.3 Å². The van der Waals surface area contributed by atoms with Gasteiger partial charge in [-0.15, -0.1) is 0 Å². The number of nitrogens with one attached hydrogen (secondary N) is 1. The third-order valence-electron chi connectivity index (χ3n) is 2.25. The third-order valence-corrected chi connectivity index (χ3v) is 2.25. The van der Waals surface area contributed by atoms with Gasteiger partial charge < -0.3 is 10.1 Å². The van der Waals surface area contributed by atoms with Gasteiger partial charge in [0.1, 0.15) is 0 Å². The van der Waals surface area contributed by atoms with Gasteiger partial charge in [-0.1, -0.05) is 31.2 Å². The van der Waals surface area contributed by atoms with Gasteiger partial charge in [0.05, 0.1) is 13.2 Å². The van der Waals surface area contributed by atoms with E-state index in [0.29, 0.717) is 12.1 Å². The summed E-state index contributed by atoms with van der Waals surface area (Å²) in [6, 6.07) is 0.985. The molecule has 1 rings (SSSR count). The van der Waals surface area contributed by atoms with E-state index in [1.807, 2.05) is 0 Å². The van der Waals surface area contributed by atoms with Gasteiger partial charge in [-0.25, -0.2) is 0 Å². The number of rotatable bonds is 4. The van der Waals surface area contributed by atoms with Crippen molar-refractivity contribution in [3.63, 3.8) is 0 Å². The summed E-state index contributed by atoms with van der Waals surface area (Å²) in [5.41, 5.74) is 0. The van der Waals surface area contributed by atoms with Crippen LogP contribution in [0.2, 0.25) is 0 Å². The zero-order valence-corrected chi connectivity index (χ0v) is 9.20. The molecule has 1 aliphatic rings. The average molecular weight is 195 g/mol. The summed E-state index contributed by atoms with van der Waals surface area (Å²) in [4.78, 5) is 0. The molecule has 0 aromatic heterocycles. The van der Waals surface area contributed by atoms with E-state index >= 15 is 0 Å². The van der Waals surface area contributed by atoms with Crippen LogP contribution in [0.1, 0.15) is 26.7 Å². The Morgan fingerprint density at radius 2 is 2.07 bits per heavy atom. The van der Waals surface area contributed by atoms with E-state index in [-0.39, 0.29) is 0 Å². The van der Waals surface area contributed by atoms with E-state index in [1.165, 1.54) is 0 Å². The highest BCUT2D eigenvalue weighted by Crippen LogP contribution is 2.03. The highest BCUT2D eigenvalue weighted by atomic mass is 16.5. The molecular formula is C12H21NO. The maximum Gasteiger partial charge on any atom is 0.0623 e. The van der Waals surface area contributed by atoms with Gasteiger partial charge in [0.15, 0.2) is 0 Å². The molecule has 0 radical (unpaired) electrons. The van der Waals surface area contributed by atoms with E-state index in [1.54, 1.807) is 0 Å². The summed E-state index contributed by atoms with van der Waals surface area (Å²) in [5, 5.41) is 3.51. The molecule has 0 bridgehead atoms. The molecule has 2 nitrogen and oxygen atoms in total. The molecule has 2 atom stereocenters. The number of allylic oxidation sites excluding steroid dienone is 3. The Balaban J connectivity index is 2.17. The first-order chi connectivity index (χ1) is 6.83. The molecule has 0 amide bonds. The average Bonchev–Trinajstić information content (AvgIpc) is 2.18. The third kappa shape index (κ3) is 4.58. The van der Waals surface area contributed by atoms with Crippen molar-refractivity contribution in [2.24, 2.45) is 0 Å². The minimum absolute atomic E-state index is 0.491. The lowest BCUT2D eigenvalue weighted by atomic mass is 10.1. The molecule has 1 N–H and O–H groups in total. The van der Waals surface area contributed by atoms with Crippen molar-refractivity contribution in [3.05, 3.63) is 24.3 Å². The first-order valence-electron chi connectivity index (χ1n) is 5.48. The van der Waals surface area contributed by atoms with Crippen molar-refractivity contribution < 1.29 is 4.74 Å². The molecule has 1 saturated heterocycles. The van der Waals surface area contributed by atoms with Gasteiger partial charge in [-0.2, -0.15) is 0 Å². The number of hydrogen-bond donors (Lipinski definition) is 1. The maximum absolute atomic E-state index is 5.46. The lowest BCUT2D eigenvalue weighted by Crippen LogP contribution is -2.46. The lowest BCUT2D eigenvalue weighted by molar-refractivity contribution is 0.0515. The first kappa shape index (κ1) is 11.5. The molecule has 1 aliphatic heterocycles. The van der Waals surface area contributed by atoms with Gasteiger partial charge in [-0.3, -0.25) is 0 Å². The quantitative estimate of drug-likeness (QED) is 0.695. The minimum atomic E-state index is 0.491. The van der Waals surface area contributed by atoms with Crippen LogP contribution in [0, 0.1) is 0 Å². The zero-order valence-electron chi connectivity index (χ0n) is 9.20. The topological polar surface area (TPSA) is 21.3 Å². The van der Waals surface area contributed by atoms with Gasteiger partial charge in [0.2, 0.25) is 0 Å². The van der Waals surface area contributed by atoms with E-state index in [9.17, 15) is 0 Å². The highest BCUT2D eigenvalue weighted by Gasteiger charge is 2.16. The molecule has 0 aliphatic carbocycles. The number of ether oxygens (including phenoxy) is 1. The Bertz CT molecular complexity index is 198. The van der Waals surface area contributed by atoms with Gasteiger partial charge in [0.25, 0.3) is 0 Å². The Kier molecular flexibility index (Phi) is 5.57. The van der Waals surface area contributed by atoms with Crippen molar-refractivity contribution in [2.75, 3.05) is 13.2 Å². The van der Waals surface area contributed by atoms with Crippen LogP contribution in [0.3, 0.4) is 0 Å². The van der Waals surface area contributed by atoms with Crippen LogP contribution in [-0.4, -0.2) is 25.3 Å². The molecular weight excluding hydrogens is 174 g/mol. The fourth-order valence-electron chi connectivity index (χ4n) is 1.56. The summed E-state index contributed by atoms with van der Waals surface area (Å²) in [5.74, 6) is 0. The van der Waals surface area contributed by atoms with E-state index < -0.39 is 0 Å². The predicted molar refractivity (Wildman–Crippen MR) is 60.4 cm³/mol. The summed E-state index contributed by atoms with van der Waals surface area (Å²) in [7, 11) is 0. The van der Waals surface area contributed by atoms with Crippen LogP contribution < -0.4 is 5.32 Å². The minimum Gasteiger partial charge on any atom is -0.378 e. The Morgan fingerprint density at radius 3 is 2.79 bits per heavy atom. The van der Waals surface area contributed by atoms with E-state index in [4.69, 9.17) is 4.74 Å². The molecule has 1 heterocycles. The second-order valence-electron chi connectivity index (χ2n) is 3.80. The number of morpholine rings is 1. The van der Waals surface area contributed by atoms with Crippen LogP contribution in [-0.2, 0) is 4.74 Å². The van der Waals surface area contributed by atoms with Gasteiger partial charge in [0, 0.05) is 12.1 Å². The number of hydrogen-bond acceptors (Lipinski definition) is 2. The van der Waals surface area contributed by atoms with Gasteiger partial charge in [-0.05, 0) is 19.8 Å². The fourth-order valence-corrected chi connectivity index (χ4v) is 1.56. The van der Waals surface area contributed by atoms with Crippen molar-refractivity contribution in [1.29, 1.82) is 0 Å². The highest BCUT2D eigenvalue weighted by molar-refractivity contribution is 5.03. The van der Waals surface area contributed by atoms with Crippen LogP contribution >= 0.6 is 0 Å². The monoisotopic (exact) mass is 195 g/mol. The summed E-state index contributed by atoms with van der Waals surface area (Å²) in [6.45, 7) is 5.98. The van der Waals surface area contributed by atoms with Crippen LogP contribution in [0.5, 0.6) is 0 Å². The standard InChI is InChI=1S/C12H21NO/c1-3-4-5-6-7-8-12-10-14-9-11(2)13-12/h4-7,11-13H,3,8-10H2,1-2H3. The molecule has 0 aromatic carbocycles. The second kappa shape index (κ2) is 6.80. The SMILES string of the molecule is CCC=CC=CCC1COCC(C)N1. The van der Waals surface area contributed by atoms with Crippen molar-refractivity contribution in [1.82, 2.24) is 5.32 Å². The second-order valence-corrected chi connectivity index (χ2v) is 3.80. The van der Waals surface area contributed by atoms with E-state index in [0.717, 1.165) is 26.1 Å². The van der Waals surface area contributed by atoms with Crippen molar-refractivity contribution >= 4 is 0 Å². The molecule has 80 valence electrons. The van der Waals surface area contributed by atoms with Crippen molar-refractivity contribution in [2.45, 2.75) is 38.8 Å². The summed E-state index contributed by atoms with van der Waals surface area (Å²) < 4.78 is 5.46. The maximum atomic E-state index is 5.46.